The third-order valence-electron chi connectivity index (χ3n) is 2.57. The minimum atomic E-state index is -2.58. The third-order valence-corrected chi connectivity index (χ3v) is 5.72. The molecule has 0 N–H and O–H groups in total. The Hall–Kier alpha value is -0.533. The van der Waals surface area contributed by atoms with Crippen LogP contribution in [0.2, 0.25) is 6.04 Å². The second kappa shape index (κ2) is 11.2. The van der Waals surface area contributed by atoms with Gasteiger partial charge in [0.2, 0.25) is 0 Å². The van der Waals surface area contributed by atoms with E-state index in [1.807, 2.05) is 20.8 Å². The van der Waals surface area contributed by atoms with Crippen molar-refractivity contribution in [1.29, 1.82) is 0 Å². The smallest absolute Gasteiger partial charge is 0.374 e. The number of ether oxygens (including phenoxy) is 1. The second-order valence-electron chi connectivity index (χ2n) is 4.34. The zero-order chi connectivity index (χ0) is 15.4. The predicted octanol–water partition coefficient (Wildman–Crippen LogP) is 2.59. The molecule has 0 atom stereocenters. The number of carbonyl (C=O) groups excluding carboxylic acids is 1. The lowest BCUT2D eigenvalue weighted by atomic mass is 10.2. The number of rotatable bonds is 13. The van der Waals surface area contributed by atoms with Gasteiger partial charge in [-0.3, -0.25) is 4.79 Å². The topological polar surface area (TPSA) is 54.0 Å². The lowest BCUT2D eigenvalue weighted by Gasteiger charge is -2.28. The van der Waals surface area contributed by atoms with Gasteiger partial charge in [-0.1, -0.05) is 6.58 Å². The maximum Gasteiger partial charge on any atom is 0.501 e. The molecule has 0 fully saturated rings. The molecule has 0 spiro atoms. The first kappa shape index (κ1) is 19.5. The molecule has 0 aromatic carbocycles. The monoisotopic (exact) mass is 304 g/mol. The van der Waals surface area contributed by atoms with Crippen molar-refractivity contribution in [3.8, 4) is 0 Å². The average Bonchev–Trinajstić information content (AvgIpc) is 2.39. The Kier molecular flexibility index (Phi) is 10.9. The van der Waals surface area contributed by atoms with E-state index >= 15 is 0 Å². The summed E-state index contributed by atoms with van der Waals surface area (Å²) in [6.45, 7) is 13.3. The van der Waals surface area contributed by atoms with Crippen LogP contribution in [0.3, 0.4) is 0 Å². The highest BCUT2D eigenvalue weighted by Crippen LogP contribution is 2.18. The van der Waals surface area contributed by atoms with E-state index in [9.17, 15) is 4.79 Å². The number of hydrogen-bond donors (Lipinski definition) is 0. The molecule has 0 aliphatic rings. The first-order valence-corrected chi connectivity index (χ1v) is 9.12. The van der Waals surface area contributed by atoms with Gasteiger partial charge in [0.1, 0.15) is 6.61 Å². The van der Waals surface area contributed by atoms with Crippen molar-refractivity contribution in [2.24, 2.45) is 0 Å². The Balaban J connectivity index is 4.12. The quantitative estimate of drug-likeness (QED) is 0.297. The Morgan fingerprint density at radius 1 is 1.05 bits per heavy atom. The largest absolute Gasteiger partial charge is 0.501 e. The first-order valence-electron chi connectivity index (χ1n) is 7.19. The maximum absolute atomic E-state index is 11.3. The minimum Gasteiger partial charge on any atom is -0.374 e. The molecular weight excluding hydrogens is 276 g/mol. The lowest BCUT2D eigenvalue weighted by molar-refractivity contribution is -0.119. The van der Waals surface area contributed by atoms with Crippen LogP contribution in [0, 0.1) is 0 Å². The van der Waals surface area contributed by atoms with Crippen molar-refractivity contribution in [2.75, 3.05) is 33.0 Å². The number of ketones is 1. The van der Waals surface area contributed by atoms with Crippen LogP contribution in [0.4, 0.5) is 0 Å². The predicted molar refractivity (Wildman–Crippen MR) is 80.7 cm³/mol. The molecule has 0 rings (SSSR count). The summed E-state index contributed by atoms with van der Waals surface area (Å²) in [7, 11) is -2.58. The second-order valence-corrected chi connectivity index (χ2v) is 7.07. The van der Waals surface area contributed by atoms with E-state index in [-0.39, 0.29) is 12.4 Å². The Morgan fingerprint density at radius 2 is 1.55 bits per heavy atom. The SMILES string of the molecule is C=C(C)C(=O)COCCC[Si](OCC)(OCC)OCC. The molecule has 6 heteroatoms. The van der Waals surface area contributed by atoms with Crippen LogP contribution in [-0.2, 0) is 22.8 Å². The van der Waals surface area contributed by atoms with E-state index in [2.05, 4.69) is 6.58 Å². The van der Waals surface area contributed by atoms with Gasteiger partial charge in [0.05, 0.1) is 0 Å². The molecule has 118 valence electrons. The van der Waals surface area contributed by atoms with Crippen molar-refractivity contribution in [3.05, 3.63) is 12.2 Å². The van der Waals surface area contributed by atoms with Gasteiger partial charge in [-0.25, -0.2) is 0 Å². The van der Waals surface area contributed by atoms with Crippen molar-refractivity contribution in [3.63, 3.8) is 0 Å². The summed E-state index contributed by atoms with van der Waals surface area (Å²) in [5.74, 6) is -0.0621. The molecule has 0 heterocycles. The van der Waals surface area contributed by atoms with Crippen LogP contribution in [-0.4, -0.2) is 47.6 Å². The highest BCUT2D eigenvalue weighted by molar-refractivity contribution is 6.60. The summed E-state index contributed by atoms with van der Waals surface area (Å²) >= 11 is 0. The fraction of sp³-hybridized carbons (Fsp3) is 0.786. The number of hydrogen-bond acceptors (Lipinski definition) is 5. The van der Waals surface area contributed by atoms with Crippen molar-refractivity contribution in [2.45, 2.75) is 40.2 Å². The fourth-order valence-corrected chi connectivity index (χ4v) is 4.26. The molecule has 0 radical (unpaired) electrons. The maximum atomic E-state index is 11.3. The molecule has 5 nitrogen and oxygen atoms in total. The molecule has 0 aliphatic carbocycles. The first-order chi connectivity index (χ1) is 9.51. The van der Waals surface area contributed by atoms with Crippen molar-refractivity contribution < 1.29 is 22.8 Å². The Labute approximate surface area is 123 Å². The van der Waals surface area contributed by atoms with Gasteiger partial charge < -0.3 is 18.0 Å². The van der Waals surface area contributed by atoms with Gasteiger partial charge in [-0.2, -0.15) is 0 Å². The molecule has 0 saturated heterocycles. The zero-order valence-electron chi connectivity index (χ0n) is 13.2. The molecule has 0 unspecified atom stereocenters. The van der Waals surface area contributed by atoms with Gasteiger partial charge in [0, 0.05) is 32.5 Å². The van der Waals surface area contributed by atoms with Crippen LogP contribution in [0.1, 0.15) is 34.1 Å². The molecule has 0 saturated carbocycles. The molecule has 0 aliphatic heterocycles. The normalized spacial score (nSPS) is 11.6. The summed E-state index contributed by atoms with van der Waals surface area (Å²) < 4.78 is 22.5. The van der Waals surface area contributed by atoms with Crippen molar-refractivity contribution >= 4 is 14.6 Å². The Morgan fingerprint density at radius 3 is 1.95 bits per heavy atom. The van der Waals surface area contributed by atoms with Gasteiger partial charge >= 0.3 is 8.80 Å². The number of carbonyl (C=O) groups is 1. The van der Waals surface area contributed by atoms with E-state index < -0.39 is 8.80 Å². The highest BCUT2D eigenvalue weighted by Gasteiger charge is 2.39. The molecule has 0 amide bonds. The summed E-state index contributed by atoms with van der Waals surface area (Å²) in [4.78, 5) is 11.3. The van der Waals surface area contributed by atoms with Crippen LogP contribution in [0.25, 0.3) is 0 Å². The van der Waals surface area contributed by atoms with Crippen molar-refractivity contribution in [1.82, 2.24) is 0 Å². The third kappa shape index (κ3) is 7.91. The van der Waals surface area contributed by atoms with Gasteiger partial charge in [0.15, 0.2) is 5.78 Å². The van der Waals surface area contributed by atoms with E-state index in [1.165, 1.54) is 0 Å². The molecule has 20 heavy (non-hydrogen) atoms. The molecule has 0 aromatic rings. The van der Waals surface area contributed by atoms with E-state index in [4.69, 9.17) is 18.0 Å². The Bertz CT molecular complexity index is 276. The van der Waals surface area contributed by atoms with Gasteiger partial charge in [-0.15, -0.1) is 0 Å². The minimum absolute atomic E-state index is 0.0621. The van der Waals surface area contributed by atoms with E-state index in [0.717, 1.165) is 6.42 Å². The van der Waals surface area contributed by atoms with E-state index in [0.29, 0.717) is 38.0 Å². The van der Waals surface area contributed by atoms with Crippen LogP contribution in [0.5, 0.6) is 0 Å². The standard InChI is InChI=1S/C14H28O5Si/c1-6-17-20(18-7-2,19-8-3)11-9-10-16-12-14(15)13(4)5/h4,6-12H2,1-3,5H3. The van der Waals surface area contributed by atoms with Crippen LogP contribution >= 0.6 is 0 Å². The summed E-state index contributed by atoms with van der Waals surface area (Å²) in [6, 6.07) is 0.698. The number of Topliss-reactive ketones (excluding diaryl/α,β-unsaturated/α-hetero) is 1. The molecule has 0 aromatic heterocycles. The zero-order valence-corrected chi connectivity index (χ0v) is 14.2. The molecular formula is C14H28O5Si. The summed E-state index contributed by atoms with van der Waals surface area (Å²) in [5.41, 5.74) is 0.520. The summed E-state index contributed by atoms with van der Waals surface area (Å²) in [6.07, 6.45) is 0.746. The average molecular weight is 304 g/mol. The fourth-order valence-electron chi connectivity index (χ4n) is 1.68. The van der Waals surface area contributed by atoms with E-state index in [1.54, 1.807) is 6.92 Å². The molecule has 0 bridgehead atoms. The van der Waals surface area contributed by atoms with Gasteiger partial charge in [-0.05, 0) is 39.7 Å². The lowest BCUT2D eigenvalue weighted by Crippen LogP contribution is -2.46. The summed E-state index contributed by atoms with van der Waals surface area (Å²) in [5, 5.41) is 0. The van der Waals surface area contributed by atoms with Gasteiger partial charge in [0.25, 0.3) is 0 Å². The van der Waals surface area contributed by atoms with Crippen LogP contribution < -0.4 is 0 Å². The highest BCUT2D eigenvalue weighted by atomic mass is 28.4. The van der Waals surface area contributed by atoms with Crippen LogP contribution in [0.15, 0.2) is 12.2 Å².